The Morgan fingerprint density at radius 2 is 2.11 bits per heavy atom. The third-order valence-electron chi connectivity index (χ3n) is 3.87. The molecule has 0 spiro atoms. The number of aromatic nitrogens is 4. The molecule has 1 N–H and O–H groups in total. The molecule has 19 heavy (non-hydrogen) atoms. The Labute approximate surface area is 113 Å². The second kappa shape index (κ2) is 5.94. The summed E-state index contributed by atoms with van der Waals surface area (Å²) < 4.78 is 2.00. The molecule has 7 heteroatoms. The molecule has 2 fully saturated rings. The van der Waals surface area contributed by atoms with E-state index in [9.17, 15) is 0 Å². The summed E-state index contributed by atoms with van der Waals surface area (Å²) in [5.41, 5.74) is 0. The van der Waals surface area contributed by atoms with Gasteiger partial charge in [-0.1, -0.05) is 0 Å². The lowest BCUT2D eigenvalue weighted by Crippen LogP contribution is -2.45. The number of nitrogens with one attached hydrogen (secondary N) is 1. The van der Waals surface area contributed by atoms with E-state index in [-0.39, 0.29) is 0 Å². The molecule has 0 atom stereocenters. The molecule has 1 saturated carbocycles. The van der Waals surface area contributed by atoms with Crippen LogP contribution in [0.15, 0.2) is 0 Å². The van der Waals surface area contributed by atoms with Crippen LogP contribution in [0.4, 0.5) is 0 Å². The molecule has 7 nitrogen and oxygen atoms in total. The highest BCUT2D eigenvalue weighted by Crippen LogP contribution is 2.34. The van der Waals surface area contributed by atoms with E-state index in [1.807, 2.05) is 4.68 Å². The summed E-state index contributed by atoms with van der Waals surface area (Å²) in [6, 6.07) is 0.562. The number of likely N-dealkylation sites (N-methyl/N-ethyl adjacent to an activating group) is 1. The first-order valence-corrected chi connectivity index (χ1v) is 7.21. The molecule has 106 valence electrons. The van der Waals surface area contributed by atoms with E-state index in [4.69, 9.17) is 0 Å². The minimum Gasteiger partial charge on any atom is -0.314 e. The van der Waals surface area contributed by atoms with E-state index >= 15 is 0 Å². The van der Waals surface area contributed by atoms with Gasteiger partial charge in [0.15, 0.2) is 5.82 Å². The minimum absolute atomic E-state index is 0.562. The molecule has 0 bridgehead atoms. The molecule has 0 radical (unpaired) electrons. The zero-order valence-corrected chi connectivity index (χ0v) is 11.6. The molecular weight excluding hydrogens is 242 g/mol. The molecule has 1 aromatic rings. The topological polar surface area (TPSA) is 62.1 Å². The van der Waals surface area contributed by atoms with Gasteiger partial charge in [0.2, 0.25) is 0 Å². The second-order valence-corrected chi connectivity index (χ2v) is 5.60. The Balaban J connectivity index is 1.45. The Morgan fingerprint density at radius 1 is 1.32 bits per heavy atom. The van der Waals surface area contributed by atoms with Gasteiger partial charge in [-0.15, -0.1) is 5.10 Å². The van der Waals surface area contributed by atoms with Crippen LogP contribution in [0.3, 0.4) is 0 Å². The summed E-state index contributed by atoms with van der Waals surface area (Å²) in [5.74, 6) is 1.00. The zero-order valence-electron chi connectivity index (χ0n) is 11.6. The lowest BCUT2D eigenvalue weighted by atomic mass is 10.3. The summed E-state index contributed by atoms with van der Waals surface area (Å²) in [6.07, 6.45) is 2.45. The fourth-order valence-corrected chi connectivity index (χ4v) is 2.49. The Kier molecular flexibility index (Phi) is 4.05. The Hall–Kier alpha value is -1.05. The van der Waals surface area contributed by atoms with Gasteiger partial charge in [-0.05, 0) is 30.3 Å². The van der Waals surface area contributed by atoms with Crippen LogP contribution in [0.1, 0.15) is 24.7 Å². The van der Waals surface area contributed by atoms with Crippen LogP contribution in [0.5, 0.6) is 0 Å². The Bertz CT molecular complexity index is 395. The lowest BCUT2D eigenvalue weighted by Gasteiger charge is -2.28. The highest BCUT2D eigenvalue weighted by Gasteiger charge is 2.27. The number of nitrogens with zero attached hydrogens (tertiary/aromatic N) is 6. The van der Waals surface area contributed by atoms with E-state index in [0.29, 0.717) is 6.04 Å². The first-order chi connectivity index (χ1) is 9.33. The number of piperazine rings is 1. The van der Waals surface area contributed by atoms with Crippen molar-refractivity contribution in [2.75, 3.05) is 46.3 Å². The number of hydrogen-bond acceptors (Lipinski definition) is 6. The van der Waals surface area contributed by atoms with Crippen molar-refractivity contribution < 1.29 is 0 Å². The van der Waals surface area contributed by atoms with Crippen LogP contribution in [-0.4, -0.2) is 76.3 Å². The SMILES string of the molecule is CN(CCN1CCNCC1)Cc1nnnn1C1CC1. The summed E-state index contributed by atoms with van der Waals surface area (Å²) in [5, 5.41) is 15.4. The van der Waals surface area contributed by atoms with Gasteiger partial charge in [0.1, 0.15) is 0 Å². The second-order valence-electron chi connectivity index (χ2n) is 5.60. The normalized spacial score (nSPS) is 21.2. The van der Waals surface area contributed by atoms with Crippen molar-refractivity contribution in [3.63, 3.8) is 0 Å². The van der Waals surface area contributed by atoms with E-state index in [1.54, 1.807) is 0 Å². The number of rotatable bonds is 6. The molecule has 1 aromatic heterocycles. The van der Waals surface area contributed by atoms with Crippen LogP contribution in [-0.2, 0) is 6.54 Å². The standard InChI is InChI=1S/C12H23N7/c1-17(8-9-18-6-4-13-5-7-18)10-12-14-15-16-19(12)11-2-3-11/h11,13H,2-10H2,1H3. The maximum atomic E-state index is 4.15. The van der Waals surface area contributed by atoms with Crippen LogP contribution < -0.4 is 5.32 Å². The van der Waals surface area contributed by atoms with Crippen LogP contribution in [0, 0.1) is 0 Å². The molecule has 0 aromatic carbocycles. The highest BCUT2D eigenvalue weighted by molar-refractivity contribution is 4.90. The van der Waals surface area contributed by atoms with Gasteiger partial charge in [-0.2, -0.15) is 0 Å². The maximum Gasteiger partial charge on any atom is 0.165 e. The number of tetrazole rings is 1. The van der Waals surface area contributed by atoms with Crippen LogP contribution >= 0.6 is 0 Å². The smallest absolute Gasteiger partial charge is 0.165 e. The molecule has 2 aliphatic rings. The maximum absolute atomic E-state index is 4.15. The fourth-order valence-electron chi connectivity index (χ4n) is 2.49. The summed E-state index contributed by atoms with van der Waals surface area (Å²) >= 11 is 0. The molecule has 0 unspecified atom stereocenters. The third-order valence-corrected chi connectivity index (χ3v) is 3.87. The zero-order chi connectivity index (χ0) is 13.1. The van der Waals surface area contributed by atoms with E-state index in [0.717, 1.165) is 51.6 Å². The van der Waals surface area contributed by atoms with Gasteiger partial charge in [0, 0.05) is 39.3 Å². The van der Waals surface area contributed by atoms with Crippen molar-refractivity contribution in [2.45, 2.75) is 25.4 Å². The van der Waals surface area contributed by atoms with Gasteiger partial charge in [0.05, 0.1) is 12.6 Å². The van der Waals surface area contributed by atoms with Gasteiger partial charge < -0.3 is 5.32 Å². The highest BCUT2D eigenvalue weighted by atomic mass is 15.6. The van der Waals surface area contributed by atoms with Crippen molar-refractivity contribution in [3.05, 3.63) is 5.82 Å². The molecule has 2 heterocycles. The summed E-state index contributed by atoms with van der Waals surface area (Å²) in [4.78, 5) is 4.82. The summed E-state index contributed by atoms with van der Waals surface area (Å²) in [7, 11) is 2.15. The molecule has 0 amide bonds. The van der Waals surface area contributed by atoms with E-state index in [2.05, 4.69) is 37.7 Å². The quantitative estimate of drug-likeness (QED) is 0.737. The largest absolute Gasteiger partial charge is 0.314 e. The van der Waals surface area contributed by atoms with Crippen molar-refractivity contribution in [1.82, 2.24) is 35.3 Å². The van der Waals surface area contributed by atoms with E-state index < -0.39 is 0 Å². The third kappa shape index (κ3) is 3.49. The average molecular weight is 265 g/mol. The molecule has 3 rings (SSSR count). The fraction of sp³-hybridized carbons (Fsp3) is 0.917. The van der Waals surface area contributed by atoms with Crippen molar-refractivity contribution in [2.24, 2.45) is 0 Å². The molecular formula is C12H23N7. The van der Waals surface area contributed by atoms with Gasteiger partial charge in [-0.25, -0.2) is 4.68 Å². The molecule has 1 aliphatic heterocycles. The van der Waals surface area contributed by atoms with Crippen LogP contribution in [0.2, 0.25) is 0 Å². The first-order valence-electron chi connectivity index (χ1n) is 7.21. The van der Waals surface area contributed by atoms with Crippen LogP contribution in [0.25, 0.3) is 0 Å². The molecule has 1 saturated heterocycles. The number of hydrogen-bond donors (Lipinski definition) is 1. The predicted octanol–water partition coefficient (Wildman–Crippen LogP) is -0.655. The summed E-state index contributed by atoms with van der Waals surface area (Å²) in [6.45, 7) is 7.59. The van der Waals surface area contributed by atoms with Gasteiger partial charge >= 0.3 is 0 Å². The predicted molar refractivity (Wildman–Crippen MR) is 71.7 cm³/mol. The lowest BCUT2D eigenvalue weighted by molar-refractivity contribution is 0.199. The van der Waals surface area contributed by atoms with Gasteiger partial charge in [0.25, 0.3) is 0 Å². The minimum atomic E-state index is 0.562. The molecule has 1 aliphatic carbocycles. The van der Waals surface area contributed by atoms with Crippen molar-refractivity contribution in [1.29, 1.82) is 0 Å². The van der Waals surface area contributed by atoms with Gasteiger partial charge in [-0.3, -0.25) is 9.80 Å². The average Bonchev–Trinajstić information content (AvgIpc) is 3.18. The monoisotopic (exact) mass is 265 g/mol. The van der Waals surface area contributed by atoms with Crippen molar-refractivity contribution in [3.8, 4) is 0 Å². The first kappa shape index (κ1) is 13.0. The van der Waals surface area contributed by atoms with Crippen molar-refractivity contribution >= 4 is 0 Å². The Morgan fingerprint density at radius 3 is 2.84 bits per heavy atom. The van der Waals surface area contributed by atoms with E-state index in [1.165, 1.54) is 12.8 Å².